The predicted octanol–water partition coefficient (Wildman–Crippen LogP) is 1.54. The summed E-state index contributed by atoms with van der Waals surface area (Å²) in [5, 5.41) is 12.6. The van der Waals surface area contributed by atoms with Crippen LogP contribution in [0.2, 0.25) is 0 Å². The highest BCUT2D eigenvalue weighted by Crippen LogP contribution is 2.50. The number of hydrogen-bond donors (Lipinski definition) is 1. The first-order valence-corrected chi connectivity index (χ1v) is 6.14. The maximum Gasteiger partial charge on any atom is 0.327 e. The van der Waals surface area contributed by atoms with E-state index in [9.17, 15) is 14.7 Å². The molecule has 2 rings (SSSR count). The third-order valence-electron chi connectivity index (χ3n) is 4.02. The van der Waals surface area contributed by atoms with Crippen LogP contribution in [0.4, 0.5) is 0 Å². The molecule has 2 fully saturated rings. The summed E-state index contributed by atoms with van der Waals surface area (Å²) in [6, 6.07) is -0.682. The molecule has 0 aromatic heterocycles. The van der Waals surface area contributed by atoms with Crippen LogP contribution in [0.1, 0.15) is 32.1 Å². The minimum atomic E-state index is -0.916. The van der Waals surface area contributed by atoms with Crippen molar-refractivity contribution in [3.05, 3.63) is 10.4 Å². The van der Waals surface area contributed by atoms with Gasteiger partial charge in [-0.2, -0.15) is 0 Å². The monoisotopic (exact) mass is 252 g/mol. The molecule has 0 radical (unpaired) electrons. The van der Waals surface area contributed by atoms with Crippen molar-refractivity contribution in [2.45, 2.75) is 38.1 Å². The highest BCUT2D eigenvalue weighted by molar-refractivity contribution is 5.86. The van der Waals surface area contributed by atoms with Gasteiger partial charge in [0, 0.05) is 29.8 Å². The zero-order valence-electron chi connectivity index (χ0n) is 10.1. The molecule has 1 aliphatic heterocycles. The Morgan fingerprint density at radius 2 is 2.11 bits per heavy atom. The fraction of sp³-hybridized carbons (Fsp3) is 0.818. The average Bonchev–Trinajstić information content (AvgIpc) is 2.76. The Kier molecular flexibility index (Phi) is 3.43. The lowest BCUT2D eigenvalue weighted by Gasteiger charge is -2.53. The molecule has 1 atom stereocenters. The second-order valence-corrected chi connectivity index (χ2v) is 5.04. The van der Waals surface area contributed by atoms with E-state index in [0.717, 1.165) is 25.7 Å². The Balaban J connectivity index is 2.00. The van der Waals surface area contributed by atoms with Crippen LogP contribution in [0.15, 0.2) is 5.11 Å². The van der Waals surface area contributed by atoms with Gasteiger partial charge in [0.1, 0.15) is 6.04 Å². The third kappa shape index (κ3) is 2.01. The fourth-order valence-corrected chi connectivity index (χ4v) is 3.21. The number of nitrogens with zero attached hydrogens (tertiary/aromatic N) is 4. The number of amides is 1. The summed E-state index contributed by atoms with van der Waals surface area (Å²) in [6.07, 6.45) is 3.97. The topological polar surface area (TPSA) is 106 Å². The van der Waals surface area contributed by atoms with Crippen LogP contribution in [-0.2, 0) is 9.59 Å². The van der Waals surface area contributed by atoms with E-state index in [-0.39, 0.29) is 24.3 Å². The van der Waals surface area contributed by atoms with Gasteiger partial charge in [0.2, 0.25) is 5.91 Å². The highest BCUT2D eigenvalue weighted by atomic mass is 16.4. The molecule has 0 bridgehead atoms. The summed E-state index contributed by atoms with van der Waals surface area (Å²) < 4.78 is 0. The van der Waals surface area contributed by atoms with Crippen LogP contribution < -0.4 is 0 Å². The van der Waals surface area contributed by atoms with Crippen molar-refractivity contribution in [2.24, 2.45) is 10.5 Å². The summed E-state index contributed by atoms with van der Waals surface area (Å²) in [6.45, 7) is 0.629. The molecule has 7 heteroatoms. The Labute approximate surface area is 104 Å². The van der Waals surface area contributed by atoms with Gasteiger partial charge in [0.05, 0.1) is 0 Å². The quantitative estimate of drug-likeness (QED) is 0.466. The molecule has 2 aliphatic rings. The number of carboxylic acids is 1. The van der Waals surface area contributed by atoms with Gasteiger partial charge in [-0.3, -0.25) is 4.79 Å². The molecule has 7 nitrogen and oxygen atoms in total. The molecule has 1 saturated carbocycles. The lowest BCUT2D eigenvalue weighted by molar-refractivity contribution is -0.175. The molecule has 1 spiro atoms. The van der Waals surface area contributed by atoms with Crippen molar-refractivity contribution in [3.8, 4) is 0 Å². The van der Waals surface area contributed by atoms with Gasteiger partial charge >= 0.3 is 5.97 Å². The molecule has 1 aliphatic carbocycles. The Morgan fingerprint density at radius 1 is 1.44 bits per heavy atom. The molecule has 1 heterocycles. The van der Waals surface area contributed by atoms with E-state index < -0.39 is 12.0 Å². The van der Waals surface area contributed by atoms with Crippen LogP contribution in [0.25, 0.3) is 10.4 Å². The van der Waals surface area contributed by atoms with Crippen LogP contribution >= 0.6 is 0 Å². The highest BCUT2D eigenvalue weighted by Gasteiger charge is 2.58. The predicted molar refractivity (Wildman–Crippen MR) is 62.7 cm³/mol. The maximum absolute atomic E-state index is 11.8. The SMILES string of the molecule is [N-]=[N+]=NCCC(=O)N1CC2(CCCC2)C1C(=O)O. The Bertz CT molecular complexity index is 411. The lowest BCUT2D eigenvalue weighted by Crippen LogP contribution is -2.68. The lowest BCUT2D eigenvalue weighted by atomic mass is 9.70. The number of rotatable bonds is 4. The molecule has 18 heavy (non-hydrogen) atoms. The minimum absolute atomic E-state index is 0.0872. The van der Waals surface area contributed by atoms with Gasteiger partial charge in [0.15, 0.2) is 0 Å². The van der Waals surface area contributed by atoms with Crippen molar-refractivity contribution in [3.63, 3.8) is 0 Å². The number of carbonyl (C=O) groups excluding carboxylic acids is 1. The van der Waals surface area contributed by atoms with Gasteiger partial charge in [-0.05, 0) is 18.4 Å². The number of azide groups is 1. The van der Waals surface area contributed by atoms with Crippen molar-refractivity contribution in [1.82, 2.24) is 4.90 Å². The molecular formula is C11H16N4O3. The molecule has 1 unspecified atom stereocenters. The van der Waals surface area contributed by atoms with Crippen molar-refractivity contribution in [2.75, 3.05) is 13.1 Å². The molecule has 1 N–H and O–H groups in total. The summed E-state index contributed by atoms with van der Waals surface area (Å²) in [7, 11) is 0. The number of likely N-dealkylation sites (tertiary alicyclic amines) is 1. The number of carboxylic acid groups (broad SMARTS) is 1. The second kappa shape index (κ2) is 4.86. The fourth-order valence-electron chi connectivity index (χ4n) is 3.21. The van der Waals surface area contributed by atoms with Crippen LogP contribution in [0.3, 0.4) is 0 Å². The number of aliphatic carboxylic acids is 1. The van der Waals surface area contributed by atoms with E-state index in [4.69, 9.17) is 5.53 Å². The van der Waals surface area contributed by atoms with Crippen molar-refractivity contribution in [1.29, 1.82) is 0 Å². The van der Waals surface area contributed by atoms with E-state index in [0.29, 0.717) is 6.54 Å². The maximum atomic E-state index is 11.8. The largest absolute Gasteiger partial charge is 0.480 e. The van der Waals surface area contributed by atoms with E-state index >= 15 is 0 Å². The van der Waals surface area contributed by atoms with E-state index in [1.54, 1.807) is 0 Å². The van der Waals surface area contributed by atoms with Crippen molar-refractivity contribution >= 4 is 11.9 Å². The third-order valence-corrected chi connectivity index (χ3v) is 4.02. The van der Waals surface area contributed by atoms with Gasteiger partial charge in [0.25, 0.3) is 0 Å². The first-order chi connectivity index (χ1) is 8.60. The molecule has 1 amide bonds. The Morgan fingerprint density at radius 3 is 2.67 bits per heavy atom. The summed E-state index contributed by atoms with van der Waals surface area (Å²) >= 11 is 0. The molecular weight excluding hydrogens is 236 g/mol. The summed E-state index contributed by atoms with van der Waals surface area (Å²) in [5.41, 5.74) is 7.94. The number of carbonyl (C=O) groups is 2. The van der Waals surface area contributed by atoms with Gasteiger partial charge in [-0.25, -0.2) is 4.79 Å². The standard InChI is InChI=1S/C11H16N4O3/c12-14-13-6-3-8(16)15-7-11(4-1-2-5-11)9(15)10(17)18/h9H,1-7H2,(H,17,18). The average molecular weight is 252 g/mol. The Hall–Kier alpha value is -1.75. The van der Waals surface area contributed by atoms with Crippen LogP contribution in [0.5, 0.6) is 0 Å². The minimum Gasteiger partial charge on any atom is -0.480 e. The zero-order valence-corrected chi connectivity index (χ0v) is 10.1. The molecule has 1 saturated heterocycles. The molecule has 0 aromatic carbocycles. The first-order valence-electron chi connectivity index (χ1n) is 6.14. The van der Waals surface area contributed by atoms with Crippen LogP contribution in [0, 0.1) is 5.41 Å². The summed E-state index contributed by atoms with van der Waals surface area (Å²) in [4.78, 5) is 27.1. The summed E-state index contributed by atoms with van der Waals surface area (Å²) in [5.74, 6) is -1.15. The van der Waals surface area contributed by atoms with Gasteiger partial charge in [-0.15, -0.1) is 0 Å². The molecule has 0 aromatic rings. The number of hydrogen-bond acceptors (Lipinski definition) is 3. The smallest absolute Gasteiger partial charge is 0.327 e. The van der Waals surface area contributed by atoms with E-state index in [2.05, 4.69) is 10.0 Å². The molecule has 98 valence electrons. The first kappa shape index (κ1) is 12.7. The van der Waals surface area contributed by atoms with Crippen molar-refractivity contribution < 1.29 is 14.7 Å². The van der Waals surface area contributed by atoms with E-state index in [1.165, 1.54) is 4.90 Å². The van der Waals surface area contributed by atoms with Gasteiger partial charge < -0.3 is 10.0 Å². The van der Waals surface area contributed by atoms with E-state index in [1.807, 2.05) is 0 Å². The normalized spacial score (nSPS) is 24.4. The van der Waals surface area contributed by atoms with Crippen LogP contribution in [-0.4, -0.2) is 41.0 Å². The zero-order chi connectivity index (χ0) is 13.2. The second-order valence-electron chi connectivity index (χ2n) is 5.04. The van der Waals surface area contributed by atoms with Gasteiger partial charge in [-0.1, -0.05) is 18.0 Å².